The predicted molar refractivity (Wildman–Crippen MR) is 106 cm³/mol. The number of hydrogen-bond acceptors (Lipinski definition) is 5. The van der Waals surface area contributed by atoms with E-state index in [1.54, 1.807) is 20.8 Å². The summed E-state index contributed by atoms with van der Waals surface area (Å²) < 4.78 is 47.0. The van der Waals surface area contributed by atoms with Gasteiger partial charge in [0.05, 0.1) is 24.3 Å². The normalized spacial score (nSPS) is 13.9. The van der Waals surface area contributed by atoms with E-state index in [4.69, 9.17) is 16.3 Å². The summed E-state index contributed by atoms with van der Waals surface area (Å²) in [5.41, 5.74) is -0.121. The van der Waals surface area contributed by atoms with Gasteiger partial charge >= 0.3 is 6.09 Å². The molecule has 2 heterocycles. The number of nitrogens with zero attached hydrogens (tertiary/aromatic N) is 3. The number of hydrogen-bond donors (Lipinski definition) is 1. The third kappa shape index (κ3) is 4.95. The third-order valence-electron chi connectivity index (χ3n) is 4.40. The number of carbonyl (C=O) groups excluding carboxylic acids is 1. The molecule has 1 aliphatic heterocycles. The lowest BCUT2D eigenvalue weighted by atomic mass is 10.0. The molecule has 1 aromatic carbocycles. The Morgan fingerprint density at radius 3 is 2.57 bits per heavy atom. The minimum absolute atomic E-state index is 0.0448. The second-order valence-electron chi connectivity index (χ2n) is 8.12. The average molecular weight is 443 g/mol. The van der Waals surface area contributed by atoms with Gasteiger partial charge in [0.1, 0.15) is 17.2 Å². The quantitative estimate of drug-likeness (QED) is 0.655. The lowest BCUT2D eigenvalue weighted by Gasteiger charge is -2.24. The van der Waals surface area contributed by atoms with E-state index in [0.29, 0.717) is 24.0 Å². The molecule has 30 heavy (non-hydrogen) atoms. The average Bonchev–Trinajstić information content (AvgIpc) is 3.02. The van der Waals surface area contributed by atoms with Crippen LogP contribution < -0.4 is 5.32 Å². The van der Waals surface area contributed by atoms with E-state index < -0.39 is 29.0 Å². The molecule has 162 valence electrons. The molecule has 1 amide bonds. The van der Waals surface area contributed by atoms with Crippen molar-refractivity contribution in [3.05, 3.63) is 51.7 Å². The van der Waals surface area contributed by atoms with E-state index in [2.05, 4.69) is 15.3 Å². The molecule has 1 N–H and O–H groups in total. The number of aromatic nitrogens is 2. The SMILES string of the molecule is CC(C)(C)OC(=O)N1Cc2nc(Cl)nc(NCc3cccc(C(C)(F)F)c3F)c2C1. The van der Waals surface area contributed by atoms with E-state index in [1.165, 1.54) is 17.0 Å². The maximum Gasteiger partial charge on any atom is 0.410 e. The number of benzene rings is 1. The summed E-state index contributed by atoms with van der Waals surface area (Å²) in [6.45, 7) is 6.21. The molecule has 1 aliphatic rings. The molecule has 6 nitrogen and oxygen atoms in total. The van der Waals surface area contributed by atoms with Crippen molar-refractivity contribution in [3.63, 3.8) is 0 Å². The largest absolute Gasteiger partial charge is 0.444 e. The maximum atomic E-state index is 14.5. The summed E-state index contributed by atoms with van der Waals surface area (Å²) in [5, 5.41) is 2.89. The molecule has 1 aromatic heterocycles. The highest BCUT2D eigenvalue weighted by Gasteiger charge is 2.32. The fourth-order valence-corrected chi connectivity index (χ4v) is 3.25. The van der Waals surface area contributed by atoms with Crippen LogP contribution in [-0.4, -0.2) is 26.6 Å². The summed E-state index contributed by atoms with van der Waals surface area (Å²) in [5.74, 6) is -3.97. The van der Waals surface area contributed by atoms with Gasteiger partial charge in [-0.1, -0.05) is 18.2 Å². The fourth-order valence-electron chi connectivity index (χ4n) is 3.06. The second-order valence-corrected chi connectivity index (χ2v) is 8.46. The Labute approximate surface area is 177 Å². The second kappa shape index (κ2) is 7.94. The standard InChI is InChI=1S/C20H22ClF3N4O2/c1-19(2,3)30-18(29)28-9-12-14(10-28)26-17(21)27-16(12)25-8-11-6-5-7-13(15(11)22)20(4,23)24/h5-7H,8-10H2,1-4H3,(H,25,26,27). The van der Waals surface area contributed by atoms with Crippen molar-refractivity contribution in [1.29, 1.82) is 0 Å². The molecule has 0 saturated carbocycles. The van der Waals surface area contributed by atoms with Crippen LogP contribution in [0.15, 0.2) is 18.2 Å². The summed E-state index contributed by atoms with van der Waals surface area (Å²) in [6, 6.07) is 3.83. The molecule has 3 rings (SSSR count). The van der Waals surface area contributed by atoms with Crippen molar-refractivity contribution >= 4 is 23.5 Å². The minimum atomic E-state index is -3.30. The number of alkyl halides is 2. The van der Waals surface area contributed by atoms with Crippen molar-refractivity contribution < 1.29 is 22.7 Å². The zero-order valence-corrected chi connectivity index (χ0v) is 17.8. The Balaban J connectivity index is 1.80. The van der Waals surface area contributed by atoms with Crippen molar-refractivity contribution in [2.75, 3.05) is 5.32 Å². The highest BCUT2D eigenvalue weighted by atomic mass is 35.5. The van der Waals surface area contributed by atoms with Crippen molar-refractivity contribution in [3.8, 4) is 0 Å². The van der Waals surface area contributed by atoms with Gasteiger partial charge in [-0.2, -0.15) is 0 Å². The summed E-state index contributed by atoms with van der Waals surface area (Å²) >= 11 is 5.99. The number of anilines is 1. The molecule has 2 aromatic rings. The fraction of sp³-hybridized carbons (Fsp3) is 0.450. The zero-order chi connectivity index (χ0) is 22.3. The zero-order valence-electron chi connectivity index (χ0n) is 17.0. The van der Waals surface area contributed by atoms with Gasteiger partial charge in [0.25, 0.3) is 5.92 Å². The molecule has 0 bridgehead atoms. The molecule has 10 heteroatoms. The first-order chi connectivity index (χ1) is 13.8. The van der Waals surface area contributed by atoms with Crippen LogP contribution in [0.25, 0.3) is 0 Å². The van der Waals surface area contributed by atoms with Gasteiger partial charge in [0.15, 0.2) is 0 Å². The molecule has 0 unspecified atom stereocenters. The Morgan fingerprint density at radius 2 is 1.93 bits per heavy atom. The van der Waals surface area contributed by atoms with Crippen LogP contribution in [0.2, 0.25) is 5.28 Å². The number of amides is 1. The molecular formula is C20H22ClF3N4O2. The number of nitrogens with one attached hydrogen (secondary N) is 1. The van der Waals surface area contributed by atoms with Gasteiger partial charge < -0.3 is 10.1 Å². The van der Waals surface area contributed by atoms with Crippen LogP contribution in [0, 0.1) is 5.82 Å². The number of halogens is 4. The number of rotatable bonds is 4. The highest BCUT2D eigenvalue weighted by molar-refractivity contribution is 6.28. The Morgan fingerprint density at radius 1 is 1.23 bits per heavy atom. The Bertz CT molecular complexity index is 974. The predicted octanol–water partition coefficient (Wildman–Crippen LogP) is 5.24. The van der Waals surface area contributed by atoms with Crippen LogP contribution in [0.5, 0.6) is 0 Å². The van der Waals surface area contributed by atoms with Gasteiger partial charge in [-0.3, -0.25) is 4.90 Å². The van der Waals surface area contributed by atoms with Crippen LogP contribution in [-0.2, 0) is 30.3 Å². The smallest absolute Gasteiger partial charge is 0.410 e. The van der Waals surface area contributed by atoms with Crippen molar-refractivity contribution in [2.45, 2.75) is 58.9 Å². The Kier molecular flexibility index (Phi) is 5.86. The van der Waals surface area contributed by atoms with Gasteiger partial charge in [0.2, 0.25) is 5.28 Å². The van der Waals surface area contributed by atoms with E-state index in [9.17, 15) is 18.0 Å². The van der Waals surface area contributed by atoms with Crippen molar-refractivity contribution in [1.82, 2.24) is 14.9 Å². The van der Waals surface area contributed by atoms with Crippen LogP contribution >= 0.6 is 11.6 Å². The van der Waals surface area contributed by atoms with Gasteiger partial charge in [-0.05, 0) is 32.4 Å². The van der Waals surface area contributed by atoms with Crippen LogP contribution in [0.4, 0.5) is 23.8 Å². The lowest BCUT2D eigenvalue weighted by molar-refractivity contribution is 0.0135. The van der Waals surface area contributed by atoms with Crippen molar-refractivity contribution in [2.24, 2.45) is 0 Å². The molecule has 0 aliphatic carbocycles. The number of ether oxygens (including phenoxy) is 1. The number of carbonyl (C=O) groups is 1. The van der Waals surface area contributed by atoms with Crippen LogP contribution in [0.1, 0.15) is 50.1 Å². The monoisotopic (exact) mass is 442 g/mol. The van der Waals surface area contributed by atoms with E-state index in [-0.39, 0.29) is 30.5 Å². The molecule has 0 fully saturated rings. The van der Waals surface area contributed by atoms with Gasteiger partial charge in [-0.15, -0.1) is 0 Å². The number of fused-ring (bicyclic) bond motifs is 1. The topological polar surface area (TPSA) is 67.3 Å². The molecule has 0 radical (unpaired) electrons. The van der Waals surface area contributed by atoms with E-state index >= 15 is 0 Å². The molecule has 0 spiro atoms. The van der Waals surface area contributed by atoms with Gasteiger partial charge in [-0.25, -0.2) is 27.9 Å². The lowest BCUT2D eigenvalue weighted by Crippen LogP contribution is -2.33. The first kappa shape index (κ1) is 22.1. The summed E-state index contributed by atoms with van der Waals surface area (Å²) in [7, 11) is 0. The molecule has 0 saturated heterocycles. The first-order valence-electron chi connectivity index (χ1n) is 9.28. The first-order valence-corrected chi connectivity index (χ1v) is 9.65. The third-order valence-corrected chi connectivity index (χ3v) is 4.57. The highest BCUT2D eigenvalue weighted by Crippen LogP contribution is 2.32. The van der Waals surface area contributed by atoms with E-state index in [0.717, 1.165) is 6.07 Å². The van der Waals surface area contributed by atoms with Crippen LogP contribution in [0.3, 0.4) is 0 Å². The summed E-state index contributed by atoms with van der Waals surface area (Å²) in [4.78, 5) is 22.1. The molecular weight excluding hydrogens is 421 g/mol. The Hall–Kier alpha value is -2.55. The van der Waals surface area contributed by atoms with Gasteiger partial charge in [0, 0.05) is 24.6 Å². The minimum Gasteiger partial charge on any atom is -0.444 e. The summed E-state index contributed by atoms with van der Waals surface area (Å²) in [6.07, 6.45) is -0.508. The maximum absolute atomic E-state index is 14.5. The van der Waals surface area contributed by atoms with E-state index in [1.807, 2.05) is 0 Å². The molecule has 0 atom stereocenters.